The average Bonchev–Trinajstić information content (AvgIpc) is 2.66. The fourth-order valence-corrected chi connectivity index (χ4v) is 2.82. The smallest absolute Gasteiger partial charge is 0.259 e. The highest BCUT2D eigenvalue weighted by atomic mass is 16.2. The Morgan fingerprint density at radius 2 is 1.73 bits per heavy atom. The van der Waals surface area contributed by atoms with Gasteiger partial charge in [-0.3, -0.25) is 9.78 Å². The van der Waals surface area contributed by atoms with E-state index in [0.29, 0.717) is 12.1 Å². The van der Waals surface area contributed by atoms with E-state index in [0.717, 1.165) is 17.1 Å². The molecule has 0 aliphatic rings. The molecule has 1 aromatic heterocycles. The van der Waals surface area contributed by atoms with Gasteiger partial charge in [0.15, 0.2) is 0 Å². The summed E-state index contributed by atoms with van der Waals surface area (Å²) >= 11 is 0. The van der Waals surface area contributed by atoms with E-state index >= 15 is 0 Å². The summed E-state index contributed by atoms with van der Waals surface area (Å²) in [6.07, 6.45) is 3.34. The first kappa shape index (κ1) is 17.7. The van der Waals surface area contributed by atoms with Crippen LogP contribution in [0.2, 0.25) is 0 Å². The molecule has 3 aromatic rings. The quantitative estimate of drug-likeness (QED) is 0.699. The summed E-state index contributed by atoms with van der Waals surface area (Å²) in [5, 5.41) is 3.33. The molecule has 26 heavy (non-hydrogen) atoms. The van der Waals surface area contributed by atoms with Crippen LogP contribution < -0.4 is 10.2 Å². The molecule has 132 valence electrons. The van der Waals surface area contributed by atoms with Gasteiger partial charge in [0.05, 0.1) is 17.4 Å². The van der Waals surface area contributed by atoms with Crippen molar-refractivity contribution in [2.45, 2.75) is 20.8 Å². The average molecular weight is 345 g/mol. The standard InChI is InChI=1S/C22H23N3O/c1-4-25(21-8-6-5-7-9-21)22(26)18-13-20(15-23-14-18)24-19-11-10-16(2)17(3)12-19/h5-15,24H,4H2,1-3H3. The SMILES string of the molecule is CCN(C(=O)c1cncc(Nc2ccc(C)c(C)c2)c1)c1ccccc1. The minimum atomic E-state index is -0.0602. The molecule has 0 aliphatic carbocycles. The molecule has 0 fully saturated rings. The highest BCUT2D eigenvalue weighted by Crippen LogP contribution is 2.21. The number of nitrogens with one attached hydrogen (secondary N) is 1. The highest BCUT2D eigenvalue weighted by Gasteiger charge is 2.16. The number of aryl methyl sites for hydroxylation is 2. The molecule has 0 radical (unpaired) electrons. The lowest BCUT2D eigenvalue weighted by Gasteiger charge is -2.21. The second kappa shape index (κ2) is 7.83. The Hall–Kier alpha value is -3.14. The van der Waals surface area contributed by atoms with Crippen LogP contribution in [0.25, 0.3) is 0 Å². The topological polar surface area (TPSA) is 45.2 Å². The van der Waals surface area contributed by atoms with Gasteiger partial charge in [0, 0.05) is 24.1 Å². The molecule has 0 spiro atoms. The minimum absolute atomic E-state index is 0.0602. The summed E-state index contributed by atoms with van der Waals surface area (Å²) in [5.74, 6) is -0.0602. The van der Waals surface area contributed by atoms with Crippen molar-refractivity contribution in [2.75, 3.05) is 16.8 Å². The van der Waals surface area contributed by atoms with Crippen LogP contribution in [0.5, 0.6) is 0 Å². The molecule has 4 heteroatoms. The summed E-state index contributed by atoms with van der Waals surface area (Å²) in [6, 6.07) is 17.7. The van der Waals surface area contributed by atoms with Gasteiger partial charge in [-0.05, 0) is 62.2 Å². The van der Waals surface area contributed by atoms with Crippen LogP contribution in [-0.4, -0.2) is 17.4 Å². The Morgan fingerprint density at radius 3 is 2.42 bits per heavy atom. The van der Waals surface area contributed by atoms with Crippen LogP contribution in [0, 0.1) is 13.8 Å². The minimum Gasteiger partial charge on any atom is -0.354 e. The van der Waals surface area contributed by atoms with Crippen molar-refractivity contribution in [1.29, 1.82) is 0 Å². The highest BCUT2D eigenvalue weighted by molar-refractivity contribution is 6.06. The van der Waals surface area contributed by atoms with E-state index in [1.165, 1.54) is 11.1 Å². The largest absolute Gasteiger partial charge is 0.354 e. The summed E-state index contributed by atoms with van der Waals surface area (Å²) in [6.45, 7) is 6.73. The maximum absolute atomic E-state index is 12.9. The van der Waals surface area contributed by atoms with Crippen molar-refractivity contribution < 1.29 is 4.79 Å². The van der Waals surface area contributed by atoms with E-state index in [9.17, 15) is 4.79 Å². The first-order valence-corrected chi connectivity index (χ1v) is 8.74. The number of amides is 1. The zero-order valence-electron chi connectivity index (χ0n) is 15.4. The fourth-order valence-electron chi connectivity index (χ4n) is 2.82. The number of carbonyl (C=O) groups is 1. The molecule has 0 aliphatic heterocycles. The van der Waals surface area contributed by atoms with E-state index in [2.05, 4.69) is 36.3 Å². The Morgan fingerprint density at radius 1 is 0.962 bits per heavy atom. The maximum atomic E-state index is 12.9. The van der Waals surface area contributed by atoms with Gasteiger partial charge < -0.3 is 10.2 Å². The molecule has 1 amide bonds. The number of anilines is 3. The summed E-state index contributed by atoms with van der Waals surface area (Å²) < 4.78 is 0. The van der Waals surface area contributed by atoms with Gasteiger partial charge >= 0.3 is 0 Å². The monoisotopic (exact) mass is 345 g/mol. The van der Waals surface area contributed by atoms with Crippen LogP contribution in [0.15, 0.2) is 67.0 Å². The lowest BCUT2D eigenvalue weighted by molar-refractivity contribution is 0.0988. The maximum Gasteiger partial charge on any atom is 0.259 e. The molecular weight excluding hydrogens is 322 g/mol. The Kier molecular flexibility index (Phi) is 5.32. The van der Waals surface area contributed by atoms with E-state index in [-0.39, 0.29) is 5.91 Å². The van der Waals surface area contributed by atoms with Gasteiger partial charge in [-0.1, -0.05) is 24.3 Å². The van der Waals surface area contributed by atoms with Crippen molar-refractivity contribution in [3.05, 3.63) is 83.7 Å². The van der Waals surface area contributed by atoms with Crippen LogP contribution in [0.4, 0.5) is 17.1 Å². The zero-order valence-corrected chi connectivity index (χ0v) is 15.4. The van der Waals surface area contributed by atoms with Crippen molar-refractivity contribution in [3.63, 3.8) is 0 Å². The number of aromatic nitrogens is 1. The number of carbonyl (C=O) groups excluding carboxylic acids is 1. The van der Waals surface area contributed by atoms with Gasteiger partial charge in [0.2, 0.25) is 0 Å². The van der Waals surface area contributed by atoms with Crippen LogP contribution in [-0.2, 0) is 0 Å². The number of nitrogens with zero attached hydrogens (tertiary/aromatic N) is 2. The van der Waals surface area contributed by atoms with Crippen molar-refractivity contribution >= 4 is 23.0 Å². The normalized spacial score (nSPS) is 10.4. The van der Waals surface area contributed by atoms with Gasteiger partial charge in [-0.15, -0.1) is 0 Å². The van der Waals surface area contributed by atoms with Crippen molar-refractivity contribution in [3.8, 4) is 0 Å². The van der Waals surface area contributed by atoms with Gasteiger partial charge in [-0.2, -0.15) is 0 Å². The molecule has 0 saturated heterocycles. The molecule has 2 aromatic carbocycles. The molecule has 3 rings (SSSR count). The fraction of sp³-hybridized carbons (Fsp3) is 0.182. The third kappa shape index (κ3) is 3.91. The molecule has 0 atom stereocenters. The third-order valence-electron chi connectivity index (χ3n) is 4.41. The van der Waals surface area contributed by atoms with E-state index in [4.69, 9.17) is 0 Å². The van der Waals surface area contributed by atoms with Crippen molar-refractivity contribution in [2.24, 2.45) is 0 Å². The number of pyridine rings is 1. The number of hydrogen-bond acceptors (Lipinski definition) is 3. The molecule has 0 saturated carbocycles. The predicted molar refractivity (Wildman–Crippen MR) is 107 cm³/mol. The molecular formula is C22H23N3O. The Bertz CT molecular complexity index is 906. The Labute approximate surface area is 154 Å². The van der Waals surface area contributed by atoms with E-state index in [1.807, 2.05) is 49.4 Å². The lowest BCUT2D eigenvalue weighted by atomic mass is 10.1. The van der Waals surface area contributed by atoms with Crippen LogP contribution in [0.3, 0.4) is 0 Å². The number of benzene rings is 2. The van der Waals surface area contributed by atoms with Crippen molar-refractivity contribution in [1.82, 2.24) is 4.98 Å². The summed E-state index contributed by atoms with van der Waals surface area (Å²) in [7, 11) is 0. The molecule has 4 nitrogen and oxygen atoms in total. The van der Waals surface area contributed by atoms with E-state index < -0.39 is 0 Å². The van der Waals surface area contributed by atoms with Gasteiger partial charge in [0.25, 0.3) is 5.91 Å². The van der Waals surface area contributed by atoms with Crippen LogP contribution in [0.1, 0.15) is 28.4 Å². The molecule has 1 N–H and O–H groups in total. The number of rotatable bonds is 5. The van der Waals surface area contributed by atoms with Crippen LogP contribution >= 0.6 is 0 Å². The Balaban J connectivity index is 1.84. The second-order valence-electron chi connectivity index (χ2n) is 6.27. The van der Waals surface area contributed by atoms with E-state index in [1.54, 1.807) is 17.3 Å². The molecule has 0 bridgehead atoms. The second-order valence-corrected chi connectivity index (χ2v) is 6.27. The predicted octanol–water partition coefficient (Wildman–Crippen LogP) is 5.11. The third-order valence-corrected chi connectivity index (χ3v) is 4.41. The first-order chi connectivity index (χ1) is 12.6. The number of hydrogen-bond donors (Lipinski definition) is 1. The summed E-state index contributed by atoms with van der Waals surface area (Å²) in [4.78, 5) is 18.9. The molecule has 0 unspecified atom stereocenters. The first-order valence-electron chi connectivity index (χ1n) is 8.74. The lowest BCUT2D eigenvalue weighted by Crippen LogP contribution is -2.30. The van der Waals surface area contributed by atoms with Gasteiger partial charge in [0.1, 0.15) is 0 Å². The molecule has 1 heterocycles. The summed E-state index contributed by atoms with van der Waals surface area (Å²) in [5.41, 5.74) is 5.69. The van der Waals surface area contributed by atoms with Gasteiger partial charge in [-0.25, -0.2) is 0 Å². The number of para-hydroxylation sites is 1. The zero-order chi connectivity index (χ0) is 18.5.